The van der Waals surface area contributed by atoms with Crippen LogP contribution in [0.25, 0.3) is 0 Å². The molecule has 0 aliphatic carbocycles. The van der Waals surface area contributed by atoms with Crippen molar-refractivity contribution in [2.45, 2.75) is 32.2 Å². The van der Waals surface area contributed by atoms with Gasteiger partial charge in [-0.3, -0.25) is 9.59 Å². The van der Waals surface area contributed by atoms with E-state index < -0.39 is 36.0 Å². The van der Waals surface area contributed by atoms with E-state index in [1.807, 2.05) is 0 Å². The minimum atomic E-state index is -1.01. The normalized spacial score (nSPS) is 35.7. The Morgan fingerprint density at radius 3 is 2.31 bits per heavy atom. The lowest BCUT2D eigenvalue weighted by Crippen LogP contribution is -2.38. The molecule has 0 spiro atoms. The highest BCUT2D eigenvalue weighted by Gasteiger charge is 2.54. The second-order valence-corrected chi connectivity index (χ2v) is 4.33. The van der Waals surface area contributed by atoms with Gasteiger partial charge in [-0.1, -0.05) is 12.2 Å². The van der Waals surface area contributed by atoms with Gasteiger partial charge in [-0.2, -0.15) is 0 Å². The van der Waals surface area contributed by atoms with Gasteiger partial charge in [0.15, 0.2) is 0 Å². The summed E-state index contributed by atoms with van der Waals surface area (Å²) in [6.45, 7) is 3.47. The van der Waals surface area contributed by atoms with Crippen molar-refractivity contribution in [3.63, 3.8) is 0 Å². The van der Waals surface area contributed by atoms with E-state index in [4.69, 9.17) is 14.6 Å². The summed E-state index contributed by atoms with van der Waals surface area (Å²) >= 11 is 0. The summed E-state index contributed by atoms with van der Waals surface area (Å²) in [5.74, 6) is -3.03. The molecule has 0 amide bonds. The molecule has 1 fully saturated rings. The van der Waals surface area contributed by atoms with Crippen LogP contribution in [0.4, 0.5) is 0 Å². The van der Waals surface area contributed by atoms with Crippen molar-refractivity contribution in [2.75, 3.05) is 0 Å². The van der Waals surface area contributed by atoms with Crippen molar-refractivity contribution in [2.24, 2.45) is 11.8 Å². The molecule has 0 aromatic carbocycles. The first kappa shape index (κ1) is 11.1. The molecule has 5 nitrogen and oxygen atoms in total. The molecule has 2 bridgehead atoms. The fourth-order valence-electron chi connectivity index (χ4n) is 2.19. The molecule has 1 saturated heterocycles. The molecule has 0 radical (unpaired) electrons. The molecule has 0 saturated carbocycles. The lowest BCUT2D eigenvalue weighted by atomic mass is 9.83. The second kappa shape index (κ2) is 3.90. The third-order valence-corrected chi connectivity index (χ3v) is 2.81. The van der Waals surface area contributed by atoms with Crippen molar-refractivity contribution < 1.29 is 24.2 Å². The molecule has 2 rings (SSSR count). The average Bonchev–Trinajstić information content (AvgIpc) is 2.74. The van der Waals surface area contributed by atoms with Gasteiger partial charge < -0.3 is 14.6 Å². The second-order valence-electron chi connectivity index (χ2n) is 4.33. The number of carbonyl (C=O) groups excluding carboxylic acids is 1. The van der Waals surface area contributed by atoms with Crippen molar-refractivity contribution >= 4 is 11.9 Å². The van der Waals surface area contributed by atoms with Crippen LogP contribution >= 0.6 is 0 Å². The number of carboxylic acid groups (broad SMARTS) is 1. The minimum Gasteiger partial charge on any atom is -0.481 e. The number of hydrogen-bond donors (Lipinski definition) is 1. The Bertz CT molecular complexity index is 346. The Morgan fingerprint density at radius 2 is 1.81 bits per heavy atom. The summed E-state index contributed by atoms with van der Waals surface area (Å²) in [4.78, 5) is 22.8. The van der Waals surface area contributed by atoms with Gasteiger partial charge in [0.2, 0.25) is 0 Å². The maximum atomic E-state index is 11.8. The largest absolute Gasteiger partial charge is 0.481 e. The quantitative estimate of drug-likeness (QED) is 0.563. The molecule has 2 aliphatic heterocycles. The van der Waals surface area contributed by atoms with E-state index in [1.165, 1.54) is 0 Å². The molecule has 0 aromatic rings. The van der Waals surface area contributed by atoms with Gasteiger partial charge in [-0.15, -0.1) is 0 Å². The zero-order chi connectivity index (χ0) is 11.9. The van der Waals surface area contributed by atoms with Crippen LogP contribution < -0.4 is 0 Å². The summed E-state index contributed by atoms with van der Waals surface area (Å²) in [5, 5.41) is 9.07. The van der Waals surface area contributed by atoms with Gasteiger partial charge in [0, 0.05) is 0 Å². The van der Waals surface area contributed by atoms with Crippen molar-refractivity contribution in [1.29, 1.82) is 0 Å². The summed E-state index contributed by atoms with van der Waals surface area (Å²) in [6, 6.07) is 0. The molecule has 2 heterocycles. The van der Waals surface area contributed by atoms with Crippen LogP contribution in [0, 0.1) is 11.8 Å². The van der Waals surface area contributed by atoms with E-state index in [2.05, 4.69) is 0 Å². The van der Waals surface area contributed by atoms with Gasteiger partial charge in [0.05, 0.1) is 18.3 Å². The van der Waals surface area contributed by atoms with E-state index in [1.54, 1.807) is 26.0 Å². The molecule has 4 atom stereocenters. The topological polar surface area (TPSA) is 72.8 Å². The van der Waals surface area contributed by atoms with Gasteiger partial charge in [0.25, 0.3) is 0 Å². The predicted molar refractivity (Wildman–Crippen MR) is 53.6 cm³/mol. The highest BCUT2D eigenvalue weighted by molar-refractivity contribution is 5.84. The number of hydrogen-bond acceptors (Lipinski definition) is 4. The van der Waals surface area contributed by atoms with Crippen molar-refractivity contribution in [1.82, 2.24) is 0 Å². The summed E-state index contributed by atoms with van der Waals surface area (Å²) in [6.07, 6.45) is 2.24. The van der Waals surface area contributed by atoms with E-state index in [0.29, 0.717) is 0 Å². The predicted octanol–water partition coefficient (Wildman–Crippen LogP) is 0.592. The van der Waals surface area contributed by atoms with Crippen LogP contribution in [-0.4, -0.2) is 35.4 Å². The van der Waals surface area contributed by atoms with Crippen LogP contribution in [0.5, 0.6) is 0 Å². The third kappa shape index (κ3) is 1.71. The lowest BCUT2D eigenvalue weighted by Gasteiger charge is -2.21. The smallest absolute Gasteiger partial charge is 0.313 e. The van der Waals surface area contributed by atoms with Gasteiger partial charge in [-0.25, -0.2) is 0 Å². The first-order valence-corrected chi connectivity index (χ1v) is 5.28. The van der Waals surface area contributed by atoms with Crippen molar-refractivity contribution in [3.8, 4) is 0 Å². The Kier molecular flexibility index (Phi) is 2.71. The number of aliphatic carboxylic acids is 1. The number of carbonyl (C=O) groups is 2. The Labute approximate surface area is 93.0 Å². The lowest BCUT2D eigenvalue weighted by molar-refractivity contribution is -0.159. The molecular weight excluding hydrogens is 212 g/mol. The molecule has 4 unspecified atom stereocenters. The minimum absolute atomic E-state index is 0.245. The number of fused-ring (bicyclic) bond motifs is 2. The molecule has 0 aromatic heterocycles. The first-order chi connectivity index (χ1) is 7.50. The van der Waals surface area contributed by atoms with Crippen LogP contribution in [0.2, 0.25) is 0 Å². The number of carboxylic acids is 1. The maximum absolute atomic E-state index is 11.8. The summed E-state index contributed by atoms with van der Waals surface area (Å²) in [5.41, 5.74) is 0. The zero-order valence-corrected chi connectivity index (χ0v) is 9.12. The Morgan fingerprint density at radius 1 is 1.25 bits per heavy atom. The summed E-state index contributed by atoms with van der Waals surface area (Å²) < 4.78 is 10.4. The third-order valence-electron chi connectivity index (χ3n) is 2.81. The Hall–Kier alpha value is -1.36. The van der Waals surface area contributed by atoms with Gasteiger partial charge in [-0.05, 0) is 13.8 Å². The average molecular weight is 226 g/mol. The van der Waals surface area contributed by atoms with Crippen LogP contribution in [0.15, 0.2) is 12.2 Å². The highest BCUT2D eigenvalue weighted by atomic mass is 16.6. The van der Waals surface area contributed by atoms with Gasteiger partial charge >= 0.3 is 11.9 Å². The zero-order valence-electron chi connectivity index (χ0n) is 9.12. The standard InChI is InChI=1S/C11H14O5/c1-5(2)15-11(14)9-7-4-3-6(16-7)8(9)10(12)13/h3-9H,1-2H3,(H,12,13). The number of rotatable bonds is 3. The summed E-state index contributed by atoms with van der Waals surface area (Å²) in [7, 11) is 0. The van der Waals surface area contributed by atoms with E-state index >= 15 is 0 Å². The van der Waals surface area contributed by atoms with E-state index in [0.717, 1.165) is 0 Å². The molecular formula is C11H14O5. The monoisotopic (exact) mass is 226 g/mol. The number of esters is 1. The van der Waals surface area contributed by atoms with Crippen molar-refractivity contribution in [3.05, 3.63) is 12.2 Å². The number of ether oxygens (including phenoxy) is 2. The van der Waals surface area contributed by atoms with E-state index in [-0.39, 0.29) is 6.10 Å². The van der Waals surface area contributed by atoms with Crippen LogP contribution in [-0.2, 0) is 19.1 Å². The fraction of sp³-hybridized carbons (Fsp3) is 0.636. The molecule has 5 heteroatoms. The van der Waals surface area contributed by atoms with E-state index in [9.17, 15) is 9.59 Å². The molecule has 88 valence electrons. The molecule has 2 aliphatic rings. The maximum Gasteiger partial charge on any atom is 0.313 e. The SMILES string of the molecule is CC(C)OC(=O)C1C2C=CC(O2)C1C(=O)O. The first-order valence-electron chi connectivity index (χ1n) is 5.28. The van der Waals surface area contributed by atoms with Crippen LogP contribution in [0.1, 0.15) is 13.8 Å². The molecule has 1 N–H and O–H groups in total. The highest BCUT2D eigenvalue weighted by Crippen LogP contribution is 2.40. The Balaban J connectivity index is 2.16. The van der Waals surface area contributed by atoms with Crippen LogP contribution in [0.3, 0.4) is 0 Å². The van der Waals surface area contributed by atoms with Gasteiger partial charge in [0.1, 0.15) is 11.8 Å². The molecule has 16 heavy (non-hydrogen) atoms. The fourth-order valence-corrected chi connectivity index (χ4v) is 2.19.